The zero-order chi connectivity index (χ0) is 24.7. The fourth-order valence-electron chi connectivity index (χ4n) is 4.89. The van der Waals surface area contributed by atoms with E-state index < -0.39 is 11.4 Å². The second-order valence-electron chi connectivity index (χ2n) is 8.96. The van der Waals surface area contributed by atoms with Gasteiger partial charge in [-0.3, -0.25) is 9.59 Å². The molecule has 0 aliphatic carbocycles. The molecule has 2 fully saturated rings. The first-order valence-electron chi connectivity index (χ1n) is 11.4. The fraction of sp³-hybridized carbons (Fsp3) is 0.375. The molecule has 0 bridgehead atoms. The molecule has 3 aromatic rings. The van der Waals surface area contributed by atoms with Gasteiger partial charge in [0.05, 0.1) is 36.1 Å². The summed E-state index contributed by atoms with van der Waals surface area (Å²) < 4.78 is 22.8. The molecule has 0 radical (unpaired) electrons. The van der Waals surface area contributed by atoms with Crippen LogP contribution in [-0.2, 0) is 9.53 Å². The molecule has 2 saturated heterocycles. The first kappa shape index (κ1) is 24.3. The number of anilines is 2. The molecule has 8 nitrogen and oxygen atoms in total. The van der Waals surface area contributed by atoms with Gasteiger partial charge in [-0.2, -0.15) is 0 Å². The quantitative estimate of drug-likeness (QED) is 0.329. The Balaban J connectivity index is 1.47. The van der Waals surface area contributed by atoms with Crippen LogP contribution in [0.5, 0.6) is 0 Å². The number of hydrogen-bond donors (Lipinski definition) is 2. The number of piperidine rings is 1. The van der Waals surface area contributed by atoms with Gasteiger partial charge in [0.15, 0.2) is 11.2 Å². The zero-order valence-electron chi connectivity index (χ0n) is 19.0. The van der Waals surface area contributed by atoms with Crippen molar-refractivity contribution in [3.63, 3.8) is 0 Å². The van der Waals surface area contributed by atoms with Gasteiger partial charge in [0.2, 0.25) is 0 Å². The number of aromatic nitrogens is 2. The largest absolute Gasteiger partial charge is 0.454 e. The van der Waals surface area contributed by atoms with Crippen LogP contribution in [0.15, 0.2) is 36.8 Å². The van der Waals surface area contributed by atoms with Crippen LogP contribution >= 0.6 is 34.2 Å². The summed E-state index contributed by atoms with van der Waals surface area (Å²) in [6, 6.07) is 4.74. The number of benzene rings is 1. The Hall–Kier alpha value is -2.44. The van der Waals surface area contributed by atoms with E-state index in [9.17, 15) is 14.0 Å². The summed E-state index contributed by atoms with van der Waals surface area (Å²) in [7, 11) is 0. The van der Waals surface area contributed by atoms with Crippen molar-refractivity contribution >= 4 is 63.1 Å². The van der Waals surface area contributed by atoms with E-state index in [0.29, 0.717) is 5.65 Å². The van der Waals surface area contributed by atoms with Crippen molar-refractivity contribution in [2.45, 2.75) is 37.8 Å². The van der Waals surface area contributed by atoms with Crippen LogP contribution in [0, 0.1) is 9.39 Å². The fourth-order valence-corrected chi connectivity index (χ4v) is 5.64. The second kappa shape index (κ2) is 9.55. The number of esters is 1. The van der Waals surface area contributed by atoms with Crippen molar-refractivity contribution < 1.29 is 18.7 Å². The number of halogens is 3. The number of amides is 1. The minimum Gasteiger partial charge on any atom is -0.454 e. The summed E-state index contributed by atoms with van der Waals surface area (Å²) in [6.45, 7) is 2.77. The molecule has 2 aromatic heterocycles. The van der Waals surface area contributed by atoms with Gasteiger partial charge in [-0.25, -0.2) is 9.37 Å². The van der Waals surface area contributed by atoms with Crippen LogP contribution in [0.25, 0.3) is 5.65 Å². The lowest BCUT2D eigenvalue weighted by atomic mass is 9.81. The van der Waals surface area contributed by atoms with Gasteiger partial charge >= 0.3 is 5.97 Å². The molecule has 184 valence electrons. The average molecular weight is 612 g/mol. The number of imidazole rings is 1. The summed E-state index contributed by atoms with van der Waals surface area (Å²) in [5, 5.41) is 6.67. The number of hydrogen-bond acceptors (Lipinski definition) is 6. The van der Waals surface area contributed by atoms with Gasteiger partial charge in [0.1, 0.15) is 10.8 Å². The molecule has 4 heterocycles. The molecule has 35 heavy (non-hydrogen) atoms. The number of carbonyl (C=O) groups is 2. The maximum atomic E-state index is 14.6. The Morgan fingerprint density at radius 1 is 1.34 bits per heavy atom. The standard InChI is InChI=1S/C24H24ClFIN5O3/c1-14(33)35-24(19-4-2-3-7-28-19)12-32(13-24)23(34)16-11-31-9-8-29-22(31)20(25)21(16)30-18-6-5-15(27)10-17(18)26/h5-6,8-11,19,28,30H,2-4,7,12-13H2,1H3. The Kier molecular flexibility index (Phi) is 6.62. The first-order valence-corrected chi connectivity index (χ1v) is 12.8. The van der Waals surface area contributed by atoms with Crippen LogP contribution in [0.2, 0.25) is 5.02 Å². The van der Waals surface area contributed by atoms with Crippen LogP contribution in [-0.4, -0.2) is 57.4 Å². The van der Waals surface area contributed by atoms with Crippen molar-refractivity contribution in [1.29, 1.82) is 0 Å². The van der Waals surface area contributed by atoms with E-state index in [-0.39, 0.29) is 53.0 Å². The minimum absolute atomic E-state index is 0.0117. The zero-order valence-corrected chi connectivity index (χ0v) is 21.9. The smallest absolute Gasteiger partial charge is 0.303 e. The number of likely N-dealkylation sites (tertiary alicyclic amines) is 1. The van der Waals surface area contributed by atoms with E-state index in [2.05, 4.69) is 15.6 Å². The number of nitrogens with zero attached hydrogens (tertiary/aromatic N) is 3. The number of fused-ring (bicyclic) bond motifs is 1. The van der Waals surface area contributed by atoms with Crippen molar-refractivity contribution in [2.75, 3.05) is 25.0 Å². The maximum absolute atomic E-state index is 14.6. The summed E-state index contributed by atoms with van der Waals surface area (Å²) in [5.41, 5.74) is 0.422. The first-order chi connectivity index (χ1) is 16.8. The Labute approximate surface area is 220 Å². The van der Waals surface area contributed by atoms with Crippen molar-refractivity contribution in [3.8, 4) is 0 Å². The van der Waals surface area contributed by atoms with Crippen molar-refractivity contribution in [3.05, 3.63) is 56.8 Å². The number of pyridine rings is 1. The Morgan fingerprint density at radius 2 is 2.14 bits per heavy atom. The summed E-state index contributed by atoms with van der Waals surface area (Å²) in [6.07, 6.45) is 7.89. The Bertz CT molecular complexity index is 1300. The van der Waals surface area contributed by atoms with E-state index in [4.69, 9.17) is 16.3 Å². The third-order valence-corrected chi connectivity index (χ3v) is 7.57. The molecule has 11 heteroatoms. The summed E-state index contributed by atoms with van der Waals surface area (Å²) >= 11 is 8.69. The van der Waals surface area contributed by atoms with Crippen LogP contribution < -0.4 is 10.6 Å². The Morgan fingerprint density at radius 3 is 2.83 bits per heavy atom. The van der Waals surface area contributed by atoms with Crippen molar-refractivity contribution in [1.82, 2.24) is 19.6 Å². The molecular formula is C24H24ClFIN5O3. The molecule has 1 aromatic carbocycles. The number of ether oxygens (including phenoxy) is 1. The number of carbonyl (C=O) groups excluding carboxylic acids is 2. The van der Waals surface area contributed by atoms with E-state index in [0.717, 1.165) is 29.4 Å². The summed E-state index contributed by atoms with van der Waals surface area (Å²) in [4.78, 5) is 31.5. The highest BCUT2D eigenvalue weighted by atomic mass is 127. The molecular weight excluding hydrogens is 588 g/mol. The van der Waals surface area contributed by atoms with E-state index in [1.807, 2.05) is 22.6 Å². The molecule has 2 aliphatic rings. The normalized spacial score (nSPS) is 19.3. The predicted octanol–water partition coefficient (Wildman–Crippen LogP) is 4.37. The topological polar surface area (TPSA) is 88.0 Å². The minimum atomic E-state index is -0.763. The van der Waals surface area contributed by atoms with Gasteiger partial charge in [-0.15, -0.1) is 0 Å². The van der Waals surface area contributed by atoms with Gasteiger partial charge < -0.3 is 24.7 Å². The van der Waals surface area contributed by atoms with Gasteiger partial charge in [0, 0.05) is 29.1 Å². The molecule has 1 atom stereocenters. The molecule has 0 saturated carbocycles. The average Bonchev–Trinajstić information content (AvgIpc) is 3.28. The molecule has 2 aliphatic heterocycles. The predicted molar refractivity (Wildman–Crippen MR) is 139 cm³/mol. The number of nitrogens with one attached hydrogen (secondary N) is 2. The highest BCUT2D eigenvalue weighted by molar-refractivity contribution is 14.1. The maximum Gasteiger partial charge on any atom is 0.303 e. The van der Waals surface area contributed by atoms with Gasteiger partial charge in [-0.1, -0.05) is 18.0 Å². The molecule has 0 spiro atoms. The molecule has 1 amide bonds. The van der Waals surface area contributed by atoms with E-state index in [1.165, 1.54) is 13.0 Å². The third kappa shape index (κ3) is 4.58. The molecule has 2 N–H and O–H groups in total. The molecule has 5 rings (SSSR count). The highest BCUT2D eigenvalue weighted by Gasteiger charge is 2.54. The lowest BCUT2D eigenvalue weighted by Gasteiger charge is -2.53. The lowest BCUT2D eigenvalue weighted by Crippen LogP contribution is -2.73. The SMILES string of the molecule is CC(=O)OC1(C2CCCCN2)CN(C(=O)c2cn3ccnc3c(Cl)c2Nc2ccc(I)cc2F)C1. The third-order valence-electron chi connectivity index (χ3n) is 6.54. The van der Waals surface area contributed by atoms with Crippen molar-refractivity contribution in [2.24, 2.45) is 0 Å². The highest BCUT2D eigenvalue weighted by Crippen LogP contribution is 2.38. The van der Waals surface area contributed by atoms with Crippen LogP contribution in [0.4, 0.5) is 15.8 Å². The summed E-state index contributed by atoms with van der Waals surface area (Å²) in [5.74, 6) is -1.13. The van der Waals surface area contributed by atoms with Crippen LogP contribution in [0.1, 0.15) is 36.5 Å². The lowest BCUT2D eigenvalue weighted by molar-refractivity contribution is -0.181. The van der Waals surface area contributed by atoms with E-state index in [1.54, 1.807) is 40.0 Å². The van der Waals surface area contributed by atoms with Gasteiger partial charge in [-0.05, 0) is 60.2 Å². The van der Waals surface area contributed by atoms with Crippen LogP contribution in [0.3, 0.4) is 0 Å². The molecule has 1 unspecified atom stereocenters. The second-order valence-corrected chi connectivity index (χ2v) is 10.6. The van der Waals surface area contributed by atoms with Gasteiger partial charge in [0.25, 0.3) is 5.91 Å². The van der Waals surface area contributed by atoms with E-state index >= 15 is 0 Å². The number of rotatable bonds is 5. The monoisotopic (exact) mass is 611 g/mol.